The molecule has 3 aromatic rings. The first-order valence-electron chi connectivity index (χ1n) is 13.3. The number of hydrazine groups is 1. The van der Waals surface area contributed by atoms with Crippen LogP contribution >= 0.6 is 0 Å². The Bertz CT molecular complexity index is 1320. The molecule has 39 heavy (non-hydrogen) atoms. The van der Waals surface area contributed by atoms with Crippen molar-refractivity contribution in [2.45, 2.75) is 44.4 Å². The predicted molar refractivity (Wildman–Crippen MR) is 147 cm³/mol. The maximum atomic E-state index is 14.0. The summed E-state index contributed by atoms with van der Waals surface area (Å²) in [6.07, 6.45) is 0.544. The number of carbonyl (C=O) groups is 3. The third kappa shape index (κ3) is 5.52. The Hall–Kier alpha value is -4.17. The number of benzene rings is 3. The van der Waals surface area contributed by atoms with Crippen molar-refractivity contribution >= 4 is 17.7 Å². The van der Waals surface area contributed by atoms with E-state index >= 15 is 0 Å². The lowest BCUT2D eigenvalue weighted by Crippen LogP contribution is -2.75. The lowest BCUT2D eigenvalue weighted by molar-refractivity contribution is -0.204. The van der Waals surface area contributed by atoms with Crippen LogP contribution in [0.25, 0.3) is 0 Å². The highest BCUT2D eigenvalue weighted by atomic mass is 16.3. The lowest BCUT2D eigenvalue weighted by atomic mass is 9.96. The minimum Gasteiger partial charge on any atom is -0.508 e. The zero-order valence-electron chi connectivity index (χ0n) is 22.3. The van der Waals surface area contributed by atoms with Gasteiger partial charge >= 0.3 is 0 Å². The molecule has 2 aliphatic rings. The second kappa shape index (κ2) is 11.3. The Kier molecular flexibility index (Phi) is 7.65. The molecule has 0 spiro atoms. The highest BCUT2D eigenvalue weighted by molar-refractivity contribution is 5.92. The third-order valence-electron chi connectivity index (χ3n) is 7.73. The monoisotopic (exact) mass is 526 g/mol. The van der Waals surface area contributed by atoms with Crippen molar-refractivity contribution in [2.75, 3.05) is 20.1 Å². The summed E-state index contributed by atoms with van der Waals surface area (Å²) >= 11 is 0. The molecule has 2 saturated heterocycles. The predicted octanol–water partition coefficient (Wildman–Crippen LogP) is 3.38. The largest absolute Gasteiger partial charge is 0.508 e. The first kappa shape index (κ1) is 26.4. The van der Waals surface area contributed by atoms with E-state index in [4.69, 9.17) is 0 Å². The SMILES string of the molecule is C[C@H](c1ccccc1)N1C[C@H]2N(C(=O)CN(C)N2C(=O)CCc2ccccc2)[C@@H](Cc2ccc(O)cc2)C1=O. The Morgan fingerprint density at radius 2 is 1.56 bits per heavy atom. The molecule has 5 rings (SSSR count). The van der Waals surface area contributed by atoms with Crippen LogP contribution in [-0.4, -0.2) is 75.0 Å². The molecule has 8 nitrogen and oxygen atoms in total. The number of carbonyl (C=O) groups excluding carboxylic acids is 3. The first-order valence-corrected chi connectivity index (χ1v) is 13.3. The average Bonchev–Trinajstić information content (AvgIpc) is 2.95. The van der Waals surface area contributed by atoms with Crippen LogP contribution in [0.15, 0.2) is 84.9 Å². The number of phenols is 1. The molecular formula is C31H34N4O4. The zero-order valence-corrected chi connectivity index (χ0v) is 22.3. The summed E-state index contributed by atoms with van der Waals surface area (Å²) in [6, 6.07) is 25.3. The van der Waals surface area contributed by atoms with Gasteiger partial charge in [0.05, 0.1) is 19.1 Å². The van der Waals surface area contributed by atoms with E-state index in [1.807, 2.05) is 67.6 Å². The molecule has 0 aromatic heterocycles. The van der Waals surface area contributed by atoms with Crippen molar-refractivity contribution in [2.24, 2.45) is 0 Å². The van der Waals surface area contributed by atoms with E-state index in [2.05, 4.69) is 0 Å². The Morgan fingerprint density at radius 1 is 0.923 bits per heavy atom. The first-order chi connectivity index (χ1) is 18.8. The van der Waals surface area contributed by atoms with E-state index in [1.165, 1.54) is 0 Å². The number of nitrogens with zero attached hydrogens (tertiary/aromatic N) is 4. The number of hydrogen-bond donors (Lipinski definition) is 1. The van der Waals surface area contributed by atoms with Crippen molar-refractivity contribution in [3.05, 3.63) is 102 Å². The van der Waals surface area contributed by atoms with Gasteiger partial charge in [-0.2, -0.15) is 0 Å². The van der Waals surface area contributed by atoms with Crippen molar-refractivity contribution in [1.29, 1.82) is 0 Å². The maximum absolute atomic E-state index is 14.0. The minimum absolute atomic E-state index is 0.0151. The highest BCUT2D eigenvalue weighted by Crippen LogP contribution is 2.33. The number of piperazine rings is 1. The van der Waals surface area contributed by atoms with Crippen LogP contribution in [0.5, 0.6) is 5.75 Å². The second-order valence-corrected chi connectivity index (χ2v) is 10.3. The van der Waals surface area contributed by atoms with Gasteiger partial charge in [-0.3, -0.25) is 19.4 Å². The van der Waals surface area contributed by atoms with Crippen LogP contribution in [0.4, 0.5) is 0 Å². The summed E-state index contributed by atoms with van der Waals surface area (Å²) in [5, 5.41) is 13.1. The zero-order chi connectivity index (χ0) is 27.5. The molecule has 1 N–H and O–H groups in total. The summed E-state index contributed by atoms with van der Waals surface area (Å²) in [7, 11) is 1.76. The van der Waals surface area contributed by atoms with Crippen LogP contribution in [0, 0.1) is 0 Å². The number of fused-ring (bicyclic) bond motifs is 1. The van der Waals surface area contributed by atoms with Crippen molar-refractivity contribution in [1.82, 2.24) is 19.8 Å². The lowest BCUT2D eigenvalue weighted by Gasteiger charge is -2.55. The van der Waals surface area contributed by atoms with E-state index in [0.29, 0.717) is 6.42 Å². The fraction of sp³-hybridized carbons (Fsp3) is 0.323. The molecule has 0 radical (unpaired) electrons. The van der Waals surface area contributed by atoms with Gasteiger partial charge in [0.25, 0.3) is 0 Å². The van der Waals surface area contributed by atoms with Crippen LogP contribution in [0.3, 0.4) is 0 Å². The molecule has 3 amide bonds. The van der Waals surface area contributed by atoms with Gasteiger partial charge in [0.15, 0.2) is 0 Å². The average molecular weight is 527 g/mol. The van der Waals surface area contributed by atoms with E-state index in [1.54, 1.807) is 51.1 Å². The van der Waals surface area contributed by atoms with Gasteiger partial charge in [-0.25, -0.2) is 5.01 Å². The summed E-state index contributed by atoms with van der Waals surface area (Å²) < 4.78 is 0. The van der Waals surface area contributed by atoms with Crippen molar-refractivity contribution < 1.29 is 19.5 Å². The summed E-state index contributed by atoms with van der Waals surface area (Å²) in [5.74, 6) is -0.283. The fourth-order valence-electron chi connectivity index (χ4n) is 5.66. The van der Waals surface area contributed by atoms with E-state index in [0.717, 1.165) is 16.7 Å². The number of amides is 3. The molecule has 2 heterocycles. The van der Waals surface area contributed by atoms with Crippen LogP contribution in [0.1, 0.15) is 36.1 Å². The Balaban J connectivity index is 1.48. The second-order valence-electron chi connectivity index (χ2n) is 10.3. The third-order valence-corrected chi connectivity index (χ3v) is 7.73. The molecule has 2 aliphatic heterocycles. The molecular weight excluding hydrogens is 492 g/mol. The van der Waals surface area contributed by atoms with E-state index in [9.17, 15) is 19.5 Å². The number of rotatable bonds is 7. The van der Waals surface area contributed by atoms with Crippen LogP contribution in [0.2, 0.25) is 0 Å². The van der Waals surface area contributed by atoms with Gasteiger partial charge in [-0.15, -0.1) is 0 Å². The van der Waals surface area contributed by atoms with E-state index in [-0.39, 0.29) is 55.4 Å². The Morgan fingerprint density at radius 3 is 2.23 bits per heavy atom. The molecule has 0 unspecified atom stereocenters. The summed E-state index contributed by atoms with van der Waals surface area (Å²) in [4.78, 5) is 44.6. The summed E-state index contributed by atoms with van der Waals surface area (Å²) in [5.41, 5.74) is 2.88. The van der Waals surface area contributed by atoms with Crippen molar-refractivity contribution in [3.8, 4) is 5.75 Å². The maximum Gasteiger partial charge on any atom is 0.246 e. The minimum atomic E-state index is -0.773. The van der Waals surface area contributed by atoms with Gasteiger partial charge in [-0.05, 0) is 42.2 Å². The van der Waals surface area contributed by atoms with Gasteiger partial charge in [0.2, 0.25) is 17.7 Å². The molecule has 2 fully saturated rings. The molecule has 0 aliphatic carbocycles. The van der Waals surface area contributed by atoms with Crippen LogP contribution < -0.4 is 0 Å². The standard InChI is InChI=1S/C31H34N4O4/c1-22(25-11-7-4-8-12-25)33-20-28-34(27(31(33)39)19-24-13-16-26(36)17-14-24)30(38)21-32(2)35(28)29(37)18-15-23-9-5-3-6-10-23/h3-14,16-17,22,27-28,36H,15,18-21H2,1-2H3/t22-,27+,28+/m1/s1. The number of hydrogen-bond acceptors (Lipinski definition) is 5. The fourth-order valence-corrected chi connectivity index (χ4v) is 5.66. The van der Waals surface area contributed by atoms with E-state index < -0.39 is 12.2 Å². The van der Waals surface area contributed by atoms with Gasteiger partial charge < -0.3 is 14.9 Å². The molecule has 202 valence electrons. The normalized spacial score (nSPS) is 20.6. The molecule has 3 aromatic carbocycles. The quantitative estimate of drug-likeness (QED) is 0.510. The van der Waals surface area contributed by atoms with Gasteiger partial charge in [-0.1, -0.05) is 72.8 Å². The van der Waals surface area contributed by atoms with Crippen molar-refractivity contribution in [3.63, 3.8) is 0 Å². The number of aryl methyl sites for hydroxylation is 1. The Labute approximate surface area is 229 Å². The molecule has 8 heteroatoms. The highest BCUT2D eigenvalue weighted by Gasteiger charge is 2.51. The number of aromatic hydroxyl groups is 1. The van der Waals surface area contributed by atoms with Gasteiger partial charge in [0.1, 0.15) is 18.0 Å². The van der Waals surface area contributed by atoms with Crippen LogP contribution in [-0.2, 0) is 27.2 Å². The smallest absolute Gasteiger partial charge is 0.246 e. The summed E-state index contributed by atoms with van der Waals surface area (Å²) in [6.45, 7) is 2.21. The topological polar surface area (TPSA) is 84.4 Å². The number of likely N-dealkylation sites (N-methyl/N-ethyl adjacent to an activating group) is 1. The van der Waals surface area contributed by atoms with Gasteiger partial charge in [0, 0.05) is 19.9 Å². The molecule has 3 atom stereocenters. The number of phenolic OH excluding ortho intramolecular Hbond substituents is 1. The molecule has 0 saturated carbocycles. The molecule has 0 bridgehead atoms.